The summed E-state index contributed by atoms with van der Waals surface area (Å²) in [6.07, 6.45) is 1.71. The molecular weight excluding hydrogens is 238 g/mol. The Morgan fingerprint density at radius 1 is 1.50 bits per heavy atom. The maximum atomic E-state index is 11.5. The molecule has 100 valence electrons. The normalized spacial score (nSPS) is 12.2. The van der Waals surface area contributed by atoms with Crippen LogP contribution in [0, 0.1) is 5.92 Å². The molecule has 0 aliphatic heterocycles. The molecule has 0 aliphatic rings. The number of carbonyl (C=O) groups is 2. The molecule has 18 heavy (non-hydrogen) atoms. The summed E-state index contributed by atoms with van der Waals surface area (Å²) < 4.78 is 0. The van der Waals surface area contributed by atoms with Gasteiger partial charge >= 0.3 is 12.0 Å². The van der Waals surface area contributed by atoms with Gasteiger partial charge in [-0.05, 0) is 12.3 Å². The summed E-state index contributed by atoms with van der Waals surface area (Å²) in [6, 6.07) is -1.43. The van der Waals surface area contributed by atoms with Crippen LogP contribution in [0.15, 0.2) is 6.33 Å². The van der Waals surface area contributed by atoms with Gasteiger partial charge < -0.3 is 15.7 Å². The average molecular weight is 255 g/mol. The third-order valence-corrected chi connectivity index (χ3v) is 2.19. The van der Waals surface area contributed by atoms with E-state index in [0.29, 0.717) is 12.2 Å². The Kier molecular flexibility index (Phi) is 5.09. The van der Waals surface area contributed by atoms with Crippen LogP contribution in [0.4, 0.5) is 4.79 Å². The molecule has 4 N–H and O–H groups in total. The predicted molar refractivity (Wildman–Crippen MR) is 62.6 cm³/mol. The van der Waals surface area contributed by atoms with E-state index >= 15 is 0 Å². The van der Waals surface area contributed by atoms with Crippen molar-refractivity contribution in [3.8, 4) is 0 Å². The molecule has 0 aromatic carbocycles. The molecular formula is C10H17N5O3. The lowest BCUT2D eigenvalue weighted by Crippen LogP contribution is -2.46. The molecule has 0 radical (unpaired) electrons. The SMILES string of the molecule is CC(C)C[C@H](NC(=O)NCc1ncn[nH]1)C(=O)O. The molecule has 1 atom stereocenters. The Hall–Kier alpha value is -2.12. The van der Waals surface area contributed by atoms with Crippen molar-refractivity contribution in [3.63, 3.8) is 0 Å². The van der Waals surface area contributed by atoms with Gasteiger partial charge in [0.25, 0.3) is 0 Å². The number of nitrogens with zero attached hydrogens (tertiary/aromatic N) is 2. The van der Waals surface area contributed by atoms with Gasteiger partial charge in [0.1, 0.15) is 18.2 Å². The van der Waals surface area contributed by atoms with E-state index in [1.165, 1.54) is 6.33 Å². The summed E-state index contributed by atoms with van der Waals surface area (Å²) in [5, 5.41) is 20.1. The lowest BCUT2D eigenvalue weighted by atomic mass is 10.0. The molecule has 0 bridgehead atoms. The second-order valence-corrected chi connectivity index (χ2v) is 4.28. The average Bonchev–Trinajstić information content (AvgIpc) is 2.77. The number of carbonyl (C=O) groups excluding carboxylic acids is 1. The van der Waals surface area contributed by atoms with E-state index in [1.54, 1.807) is 0 Å². The number of aromatic amines is 1. The number of H-pyrrole nitrogens is 1. The highest BCUT2D eigenvalue weighted by atomic mass is 16.4. The Balaban J connectivity index is 2.39. The Bertz CT molecular complexity index is 390. The van der Waals surface area contributed by atoms with Gasteiger partial charge in [0.05, 0.1) is 6.54 Å². The number of rotatable bonds is 6. The molecule has 0 unspecified atom stereocenters. The Labute approximate surface area is 104 Å². The molecule has 1 aromatic heterocycles. The van der Waals surface area contributed by atoms with Crippen LogP contribution in [0.5, 0.6) is 0 Å². The van der Waals surface area contributed by atoms with Crippen molar-refractivity contribution >= 4 is 12.0 Å². The highest BCUT2D eigenvalue weighted by Gasteiger charge is 2.20. The molecule has 0 aliphatic carbocycles. The summed E-state index contributed by atoms with van der Waals surface area (Å²) in [5.74, 6) is -0.361. The number of hydrogen-bond donors (Lipinski definition) is 4. The van der Waals surface area contributed by atoms with Crippen molar-refractivity contribution in [1.82, 2.24) is 25.8 Å². The molecule has 1 rings (SSSR count). The van der Waals surface area contributed by atoms with Crippen LogP contribution in [0.1, 0.15) is 26.1 Å². The van der Waals surface area contributed by atoms with Gasteiger partial charge in [-0.3, -0.25) is 5.10 Å². The van der Waals surface area contributed by atoms with Gasteiger partial charge in [0.15, 0.2) is 0 Å². The van der Waals surface area contributed by atoms with Gasteiger partial charge in [-0.2, -0.15) is 5.10 Å². The maximum absolute atomic E-state index is 11.5. The maximum Gasteiger partial charge on any atom is 0.326 e. The summed E-state index contributed by atoms with van der Waals surface area (Å²) >= 11 is 0. The van der Waals surface area contributed by atoms with Gasteiger partial charge in [-0.25, -0.2) is 14.6 Å². The third kappa shape index (κ3) is 4.81. The summed E-state index contributed by atoms with van der Waals surface area (Å²) in [4.78, 5) is 26.2. The zero-order chi connectivity index (χ0) is 13.5. The largest absolute Gasteiger partial charge is 0.480 e. The number of aliphatic carboxylic acids is 1. The van der Waals surface area contributed by atoms with E-state index < -0.39 is 18.0 Å². The number of amides is 2. The number of urea groups is 1. The van der Waals surface area contributed by atoms with Crippen molar-refractivity contribution < 1.29 is 14.7 Å². The first-order valence-electron chi connectivity index (χ1n) is 5.60. The minimum atomic E-state index is -1.04. The van der Waals surface area contributed by atoms with Crippen molar-refractivity contribution in [2.45, 2.75) is 32.9 Å². The predicted octanol–water partition coefficient (Wildman–Crippen LogP) is 0.103. The number of carboxylic acid groups (broad SMARTS) is 1. The lowest BCUT2D eigenvalue weighted by molar-refractivity contribution is -0.139. The fraction of sp³-hybridized carbons (Fsp3) is 0.600. The molecule has 8 nitrogen and oxygen atoms in total. The second-order valence-electron chi connectivity index (χ2n) is 4.28. The number of hydrogen-bond acceptors (Lipinski definition) is 4. The molecule has 0 saturated heterocycles. The second kappa shape index (κ2) is 6.58. The van der Waals surface area contributed by atoms with E-state index in [2.05, 4.69) is 25.8 Å². The first kappa shape index (κ1) is 13.9. The van der Waals surface area contributed by atoms with Crippen LogP contribution in [0.3, 0.4) is 0 Å². The minimum Gasteiger partial charge on any atom is -0.480 e. The number of nitrogens with one attached hydrogen (secondary N) is 3. The van der Waals surface area contributed by atoms with Crippen molar-refractivity contribution in [3.05, 3.63) is 12.2 Å². The molecule has 1 heterocycles. The zero-order valence-corrected chi connectivity index (χ0v) is 10.3. The van der Waals surface area contributed by atoms with Crippen LogP contribution in [-0.2, 0) is 11.3 Å². The molecule has 2 amide bonds. The highest BCUT2D eigenvalue weighted by Crippen LogP contribution is 2.04. The van der Waals surface area contributed by atoms with E-state index in [1.807, 2.05) is 13.8 Å². The molecule has 1 aromatic rings. The van der Waals surface area contributed by atoms with E-state index in [-0.39, 0.29) is 12.5 Å². The summed E-state index contributed by atoms with van der Waals surface area (Å²) in [7, 11) is 0. The van der Waals surface area contributed by atoms with Gasteiger partial charge in [-0.1, -0.05) is 13.8 Å². The van der Waals surface area contributed by atoms with E-state index in [9.17, 15) is 9.59 Å². The smallest absolute Gasteiger partial charge is 0.326 e. The third-order valence-electron chi connectivity index (χ3n) is 2.19. The van der Waals surface area contributed by atoms with Crippen LogP contribution in [0.25, 0.3) is 0 Å². The molecule has 8 heteroatoms. The van der Waals surface area contributed by atoms with Gasteiger partial charge in [0, 0.05) is 0 Å². The van der Waals surface area contributed by atoms with Crippen molar-refractivity contribution in [1.29, 1.82) is 0 Å². The standard InChI is InChI=1S/C10H17N5O3/c1-6(2)3-7(9(16)17)14-10(18)11-4-8-12-5-13-15-8/h5-7H,3-4H2,1-2H3,(H,16,17)(H2,11,14,18)(H,12,13,15)/t7-/m0/s1. The summed E-state index contributed by atoms with van der Waals surface area (Å²) in [5.41, 5.74) is 0. The first-order chi connectivity index (χ1) is 8.49. The number of aromatic nitrogens is 3. The molecule has 0 spiro atoms. The fourth-order valence-corrected chi connectivity index (χ4v) is 1.38. The fourth-order valence-electron chi connectivity index (χ4n) is 1.38. The molecule has 0 saturated carbocycles. The van der Waals surface area contributed by atoms with Crippen LogP contribution < -0.4 is 10.6 Å². The first-order valence-corrected chi connectivity index (χ1v) is 5.60. The Morgan fingerprint density at radius 3 is 2.72 bits per heavy atom. The monoisotopic (exact) mass is 255 g/mol. The van der Waals surface area contributed by atoms with Crippen molar-refractivity contribution in [2.24, 2.45) is 5.92 Å². The quantitative estimate of drug-likeness (QED) is 0.574. The minimum absolute atomic E-state index is 0.167. The van der Waals surface area contributed by atoms with Crippen LogP contribution >= 0.6 is 0 Å². The van der Waals surface area contributed by atoms with Gasteiger partial charge in [0.2, 0.25) is 0 Å². The van der Waals surface area contributed by atoms with E-state index in [0.717, 1.165) is 0 Å². The lowest BCUT2D eigenvalue weighted by Gasteiger charge is -2.16. The van der Waals surface area contributed by atoms with E-state index in [4.69, 9.17) is 5.11 Å². The highest BCUT2D eigenvalue weighted by molar-refractivity contribution is 5.82. The topological polar surface area (TPSA) is 120 Å². The molecule has 0 fully saturated rings. The van der Waals surface area contributed by atoms with Crippen LogP contribution in [0.2, 0.25) is 0 Å². The Morgan fingerprint density at radius 2 is 2.22 bits per heavy atom. The summed E-state index contributed by atoms with van der Waals surface area (Å²) in [6.45, 7) is 3.95. The van der Waals surface area contributed by atoms with Crippen molar-refractivity contribution in [2.75, 3.05) is 0 Å². The zero-order valence-electron chi connectivity index (χ0n) is 10.3. The number of carboxylic acids is 1. The van der Waals surface area contributed by atoms with Crippen LogP contribution in [-0.4, -0.2) is 38.3 Å². The van der Waals surface area contributed by atoms with Gasteiger partial charge in [-0.15, -0.1) is 0 Å².